The van der Waals surface area contributed by atoms with Gasteiger partial charge in [-0.05, 0) is 47.9 Å². The molecule has 0 heterocycles. The minimum absolute atomic E-state index is 0.282. The largest absolute Gasteiger partial charge is 0.325 e. The molecule has 0 aromatic heterocycles. The predicted octanol–water partition coefficient (Wildman–Crippen LogP) is 3.98. The van der Waals surface area contributed by atoms with Gasteiger partial charge in [-0.15, -0.1) is 0 Å². The molecule has 0 fully saturated rings. The fraction of sp³-hybridized carbons (Fsp3) is 0.278. The molecule has 2 aromatic rings. The minimum Gasteiger partial charge on any atom is -0.325 e. The van der Waals surface area contributed by atoms with Crippen molar-refractivity contribution in [1.29, 1.82) is 0 Å². The van der Waals surface area contributed by atoms with E-state index in [1.807, 2.05) is 12.1 Å². The summed E-state index contributed by atoms with van der Waals surface area (Å²) >= 11 is 3.32. The van der Waals surface area contributed by atoms with Crippen molar-refractivity contribution in [1.82, 2.24) is 0 Å². The molecule has 0 saturated heterocycles. The van der Waals surface area contributed by atoms with E-state index in [-0.39, 0.29) is 6.54 Å². The molecule has 0 atom stereocenters. The average molecular weight is 425 g/mol. The van der Waals surface area contributed by atoms with E-state index in [0.717, 1.165) is 20.6 Å². The Morgan fingerprint density at radius 1 is 1.08 bits per heavy atom. The van der Waals surface area contributed by atoms with Crippen molar-refractivity contribution in [2.75, 3.05) is 22.4 Å². The Labute approximate surface area is 157 Å². The van der Waals surface area contributed by atoms with Crippen molar-refractivity contribution in [3.63, 3.8) is 0 Å². The molecule has 0 aliphatic heterocycles. The highest BCUT2D eigenvalue weighted by atomic mass is 79.9. The van der Waals surface area contributed by atoms with Crippen LogP contribution in [0.5, 0.6) is 0 Å². The van der Waals surface area contributed by atoms with Crippen LogP contribution in [-0.2, 0) is 14.8 Å². The van der Waals surface area contributed by atoms with E-state index in [4.69, 9.17) is 0 Å². The van der Waals surface area contributed by atoms with Crippen LogP contribution in [0.15, 0.2) is 53.0 Å². The summed E-state index contributed by atoms with van der Waals surface area (Å²) in [6.45, 7) is 3.85. The highest BCUT2D eigenvalue weighted by Gasteiger charge is 2.21. The van der Waals surface area contributed by atoms with Crippen molar-refractivity contribution in [3.05, 3.63) is 58.6 Å². The molecule has 25 heavy (non-hydrogen) atoms. The molecule has 0 aliphatic carbocycles. The Balaban J connectivity index is 2.17. The fourth-order valence-electron chi connectivity index (χ4n) is 2.29. The van der Waals surface area contributed by atoms with E-state index in [2.05, 4.69) is 35.1 Å². The molecule has 0 saturated carbocycles. The number of carbonyl (C=O) groups excluding carboxylic acids is 1. The Morgan fingerprint density at radius 2 is 1.64 bits per heavy atom. The number of benzene rings is 2. The lowest BCUT2D eigenvalue weighted by atomic mass is 10.0. The van der Waals surface area contributed by atoms with Crippen molar-refractivity contribution >= 4 is 43.2 Å². The molecular weight excluding hydrogens is 404 g/mol. The Morgan fingerprint density at radius 3 is 2.12 bits per heavy atom. The number of amides is 1. The van der Waals surface area contributed by atoms with Crippen LogP contribution >= 0.6 is 15.9 Å². The van der Waals surface area contributed by atoms with Gasteiger partial charge < -0.3 is 5.32 Å². The first-order chi connectivity index (χ1) is 11.7. The summed E-state index contributed by atoms with van der Waals surface area (Å²) in [6.07, 6.45) is 1.09. The molecular formula is C18H21BrN2O3S. The van der Waals surface area contributed by atoms with Gasteiger partial charge in [0, 0.05) is 10.2 Å². The number of anilines is 2. The molecule has 0 spiro atoms. The maximum atomic E-state index is 12.3. The number of hydrogen-bond acceptors (Lipinski definition) is 3. The summed E-state index contributed by atoms with van der Waals surface area (Å²) in [5.74, 6) is -0.0536. The molecule has 0 aliphatic rings. The molecule has 1 N–H and O–H groups in total. The number of nitrogens with one attached hydrogen (secondary N) is 1. The van der Waals surface area contributed by atoms with Crippen LogP contribution < -0.4 is 9.62 Å². The van der Waals surface area contributed by atoms with Gasteiger partial charge in [0.1, 0.15) is 6.54 Å². The summed E-state index contributed by atoms with van der Waals surface area (Å²) in [4.78, 5) is 12.3. The fourth-order valence-corrected chi connectivity index (χ4v) is 3.41. The zero-order valence-electron chi connectivity index (χ0n) is 14.4. The maximum absolute atomic E-state index is 12.3. The van der Waals surface area contributed by atoms with Crippen LogP contribution in [0.3, 0.4) is 0 Å². The first-order valence-electron chi connectivity index (χ1n) is 7.80. The Bertz CT molecular complexity index is 832. The Kier molecular flexibility index (Phi) is 6.24. The van der Waals surface area contributed by atoms with Gasteiger partial charge in [0.2, 0.25) is 15.9 Å². The first-order valence-corrected chi connectivity index (χ1v) is 10.4. The number of rotatable bonds is 6. The van der Waals surface area contributed by atoms with Gasteiger partial charge in [0.25, 0.3) is 0 Å². The third-order valence-electron chi connectivity index (χ3n) is 3.66. The summed E-state index contributed by atoms with van der Waals surface area (Å²) < 4.78 is 26.2. The van der Waals surface area contributed by atoms with Crippen molar-refractivity contribution in [2.45, 2.75) is 19.8 Å². The number of halogens is 1. The predicted molar refractivity (Wildman–Crippen MR) is 105 cm³/mol. The summed E-state index contributed by atoms with van der Waals surface area (Å²) in [5.41, 5.74) is 2.19. The molecule has 0 radical (unpaired) electrons. The number of sulfonamides is 1. The third-order valence-corrected chi connectivity index (χ3v) is 5.33. The lowest BCUT2D eigenvalue weighted by Gasteiger charge is -2.22. The van der Waals surface area contributed by atoms with E-state index in [1.54, 1.807) is 36.4 Å². The summed E-state index contributed by atoms with van der Waals surface area (Å²) in [6, 6.07) is 14.3. The van der Waals surface area contributed by atoms with E-state index in [9.17, 15) is 13.2 Å². The first kappa shape index (κ1) is 19.5. The van der Waals surface area contributed by atoms with Gasteiger partial charge >= 0.3 is 0 Å². The molecule has 7 heteroatoms. The minimum atomic E-state index is -3.58. The number of nitrogens with zero attached hydrogens (tertiary/aromatic N) is 1. The molecule has 0 unspecified atom stereocenters. The van der Waals surface area contributed by atoms with E-state index < -0.39 is 15.9 Å². The van der Waals surface area contributed by atoms with E-state index in [1.165, 1.54) is 0 Å². The van der Waals surface area contributed by atoms with E-state index >= 15 is 0 Å². The van der Waals surface area contributed by atoms with Gasteiger partial charge in [0.05, 0.1) is 11.9 Å². The molecule has 134 valence electrons. The van der Waals surface area contributed by atoms with Gasteiger partial charge in [-0.2, -0.15) is 0 Å². The van der Waals surface area contributed by atoms with E-state index in [0.29, 0.717) is 17.3 Å². The summed E-state index contributed by atoms with van der Waals surface area (Å²) in [7, 11) is -3.58. The van der Waals surface area contributed by atoms with Crippen LogP contribution in [0, 0.1) is 0 Å². The number of carbonyl (C=O) groups is 1. The quantitative estimate of drug-likeness (QED) is 0.762. The second-order valence-electron chi connectivity index (χ2n) is 6.07. The zero-order valence-corrected chi connectivity index (χ0v) is 16.8. The van der Waals surface area contributed by atoms with Crippen LogP contribution in [0.25, 0.3) is 0 Å². The molecule has 5 nitrogen and oxygen atoms in total. The second kappa shape index (κ2) is 8.01. The lowest BCUT2D eigenvalue weighted by Crippen LogP contribution is -2.37. The summed E-state index contributed by atoms with van der Waals surface area (Å²) in [5, 5.41) is 2.71. The van der Waals surface area contributed by atoms with Gasteiger partial charge in [0.15, 0.2) is 0 Å². The average Bonchev–Trinajstić information content (AvgIpc) is 2.54. The molecule has 2 aromatic carbocycles. The molecule has 2 rings (SSSR count). The standard InChI is InChI=1S/C18H21BrN2O3S/c1-13(2)14-4-10-17(11-5-14)21(25(3,23)24)12-18(22)20-16-8-6-15(19)7-9-16/h4-11,13H,12H2,1-3H3,(H,20,22). The normalized spacial score (nSPS) is 11.4. The molecule has 1 amide bonds. The van der Waals surface area contributed by atoms with Crippen molar-refractivity contribution in [2.24, 2.45) is 0 Å². The molecule has 0 bridgehead atoms. The monoisotopic (exact) mass is 424 g/mol. The Hall–Kier alpha value is -1.86. The van der Waals surface area contributed by atoms with Gasteiger partial charge in [-0.1, -0.05) is 41.9 Å². The van der Waals surface area contributed by atoms with Crippen molar-refractivity contribution in [3.8, 4) is 0 Å². The van der Waals surface area contributed by atoms with Crippen LogP contribution in [-0.4, -0.2) is 27.1 Å². The van der Waals surface area contributed by atoms with Gasteiger partial charge in [-0.25, -0.2) is 8.42 Å². The van der Waals surface area contributed by atoms with Crippen LogP contribution in [0.1, 0.15) is 25.3 Å². The zero-order chi connectivity index (χ0) is 18.6. The highest BCUT2D eigenvalue weighted by Crippen LogP contribution is 2.22. The highest BCUT2D eigenvalue weighted by molar-refractivity contribution is 9.10. The smallest absolute Gasteiger partial charge is 0.245 e. The SMILES string of the molecule is CC(C)c1ccc(N(CC(=O)Nc2ccc(Br)cc2)S(C)(=O)=O)cc1. The van der Waals surface area contributed by atoms with Gasteiger partial charge in [-0.3, -0.25) is 9.10 Å². The van der Waals surface area contributed by atoms with Crippen LogP contribution in [0.2, 0.25) is 0 Å². The van der Waals surface area contributed by atoms with Crippen LogP contribution in [0.4, 0.5) is 11.4 Å². The second-order valence-corrected chi connectivity index (χ2v) is 8.89. The lowest BCUT2D eigenvalue weighted by molar-refractivity contribution is -0.114. The number of hydrogen-bond donors (Lipinski definition) is 1. The maximum Gasteiger partial charge on any atom is 0.245 e. The third kappa shape index (κ3) is 5.57. The van der Waals surface area contributed by atoms with Crippen molar-refractivity contribution < 1.29 is 13.2 Å². The topological polar surface area (TPSA) is 66.5 Å².